The van der Waals surface area contributed by atoms with Gasteiger partial charge in [-0.25, -0.2) is 13.4 Å². The van der Waals surface area contributed by atoms with Gasteiger partial charge in [-0.3, -0.25) is 9.59 Å². The topological polar surface area (TPSA) is 96.4 Å². The van der Waals surface area contributed by atoms with Crippen LogP contribution in [0.2, 0.25) is 0 Å². The third-order valence-corrected chi connectivity index (χ3v) is 6.76. The molecule has 2 aromatic rings. The minimum atomic E-state index is -3.69. The number of aromatic nitrogens is 1. The van der Waals surface area contributed by atoms with Crippen LogP contribution in [0.15, 0.2) is 47.5 Å². The molecule has 0 radical (unpaired) electrons. The normalized spacial score (nSPS) is 15.9. The number of aryl methyl sites for hydroxylation is 1. The van der Waals surface area contributed by atoms with E-state index in [0.29, 0.717) is 24.2 Å². The first-order valence-corrected chi connectivity index (χ1v) is 10.6. The molecule has 0 saturated carbocycles. The van der Waals surface area contributed by atoms with E-state index in [1.807, 2.05) is 13.0 Å². The van der Waals surface area contributed by atoms with Crippen molar-refractivity contribution in [1.29, 1.82) is 0 Å². The molecule has 1 N–H and O–H groups in total. The molecule has 0 aliphatic carbocycles. The number of amides is 1. The van der Waals surface area contributed by atoms with Crippen molar-refractivity contribution in [3.05, 3.63) is 53.7 Å². The highest BCUT2D eigenvalue weighted by molar-refractivity contribution is 7.89. The quantitative estimate of drug-likeness (QED) is 0.777. The zero-order chi connectivity index (χ0) is 20.3. The van der Waals surface area contributed by atoms with Crippen LogP contribution in [-0.4, -0.2) is 42.5 Å². The number of carbonyl (C=O) groups excluding carboxylic acids is 2. The summed E-state index contributed by atoms with van der Waals surface area (Å²) in [4.78, 5) is 28.2. The van der Waals surface area contributed by atoms with E-state index in [1.54, 1.807) is 24.4 Å². The maximum atomic E-state index is 12.9. The maximum Gasteiger partial charge on any atom is 0.243 e. The lowest BCUT2D eigenvalue weighted by atomic mass is 9.97. The molecule has 1 aliphatic rings. The Hall–Kier alpha value is -2.58. The zero-order valence-corrected chi connectivity index (χ0v) is 16.7. The smallest absolute Gasteiger partial charge is 0.243 e. The molecule has 1 amide bonds. The van der Waals surface area contributed by atoms with Gasteiger partial charge in [0.25, 0.3) is 0 Å². The molecule has 2 heterocycles. The van der Waals surface area contributed by atoms with E-state index in [0.717, 1.165) is 5.56 Å². The number of carbonyl (C=O) groups is 2. The second-order valence-corrected chi connectivity index (χ2v) is 8.91. The van der Waals surface area contributed by atoms with Crippen molar-refractivity contribution in [1.82, 2.24) is 9.29 Å². The summed E-state index contributed by atoms with van der Waals surface area (Å²) in [6.07, 6.45) is 2.50. The molecule has 0 spiro atoms. The zero-order valence-electron chi connectivity index (χ0n) is 15.9. The van der Waals surface area contributed by atoms with Gasteiger partial charge in [0.2, 0.25) is 15.9 Å². The van der Waals surface area contributed by atoms with E-state index in [-0.39, 0.29) is 35.6 Å². The van der Waals surface area contributed by atoms with Crippen LogP contribution in [0.3, 0.4) is 0 Å². The highest BCUT2D eigenvalue weighted by atomic mass is 32.2. The molecular formula is C20H23N3O4S. The first-order valence-electron chi connectivity index (χ1n) is 9.12. The number of hydrogen-bond acceptors (Lipinski definition) is 5. The molecule has 0 atom stereocenters. The third-order valence-electron chi connectivity index (χ3n) is 4.87. The van der Waals surface area contributed by atoms with Crippen LogP contribution in [0.25, 0.3) is 0 Å². The summed E-state index contributed by atoms with van der Waals surface area (Å²) in [7, 11) is -3.69. The Balaban J connectivity index is 1.65. The first-order chi connectivity index (χ1) is 13.3. The van der Waals surface area contributed by atoms with Gasteiger partial charge >= 0.3 is 0 Å². The summed E-state index contributed by atoms with van der Waals surface area (Å²) in [6, 6.07) is 9.69. The van der Waals surface area contributed by atoms with Crippen molar-refractivity contribution < 1.29 is 18.0 Å². The third kappa shape index (κ3) is 4.45. The lowest BCUT2D eigenvalue weighted by Gasteiger charge is -2.30. The number of nitrogens with one attached hydrogen (secondary N) is 1. The van der Waals surface area contributed by atoms with Gasteiger partial charge in [0.05, 0.1) is 4.90 Å². The average molecular weight is 401 g/mol. The summed E-state index contributed by atoms with van der Waals surface area (Å²) in [5.41, 5.74) is 1.36. The number of rotatable bonds is 5. The van der Waals surface area contributed by atoms with E-state index < -0.39 is 10.0 Å². The van der Waals surface area contributed by atoms with Crippen molar-refractivity contribution >= 4 is 27.5 Å². The molecule has 148 valence electrons. The van der Waals surface area contributed by atoms with Crippen LogP contribution in [0.5, 0.6) is 0 Å². The van der Waals surface area contributed by atoms with Gasteiger partial charge < -0.3 is 5.32 Å². The molecule has 1 aromatic carbocycles. The number of pyridine rings is 1. The van der Waals surface area contributed by atoms with Crippen LogP contribution in [0.1, 0.15) is 35.7 Å². The number of piperidine rings is 1. The number of sulfonamides is 1. The minimum Gasteiger partial charge on any atom is -0.310 e. The summed E-state index contributed by atoms with van der Waals surface area (Å²) in [5, 5.41) is 2.80. The van der Waals surface area contributed by atoms with Crippen molar-refractivity contribution in [2.75, 3.05) is 18.4 Å². The Morgan fingerprint density at radius 1 is 1.14 bits per heavy atom. The summed E-state index contributed by atoms with van der Waals surface area (Å²) < 4.78 is 27.1. The lowest BCUT2D eigenvalue weighted by molar-refractivity contribution is -0.120. The van der Waals surface area contributed by atoms with Crippen LogP contribution in [0.4, 0.5) is 5.82 Å². The molecule has 1 aliphatic heterocycles. The molecule has 1 saturated heterocycles. The number of ketones is 1. The molecule has 28 heavy (non-hydrogen) atoms. The second-order valence-electron chi connectivity index (χ2n) is 6.97. The van der Waals surface area contributed by atoms with Gasteiger partial charge in [-0.15, -0.1) is 0 Å². The fraction of sp³-hybridized carbons (Fsp3) is 0.350. The van der Waals surface area contributed by atoms with E-state index in [4.69, 9.17) is 0 Å². The lowest BCUT2D eigenvalue weighted by Crippen LogP contribution is -2.41. The molecule has 8 heteroatoms. The number of benzene rings is 1. The number of nitrogens with zero attached hydrogens (tertiary/aromatic N) is 2. The van der Waals surface area contributed by atoms with Crippen molar-refractivity contribution in [2.45, 2.75) is 31.6 Å². The maximum absolute atomic E-state index is 12.9. The summed E-state index contributed by atoms with van der Waals surface area (Å²) in [5.74, 6) is -0.0932. The van der Waals surface area contributed by atoms with Crippen molar-refractivity contribution in [2.24, 2.45) is 5.92 Å². The Bertz CT molecular complexity index is 996. The molecule has 7 nitrogen and oxygen atoms in total. The Labute approximate surface area is 164 Å². The van der Waals surface area contributed by atoms with Gasteiger partial charge in [-0.1, -0.05) is 12.1 Å². The average Bonchev–Trinajstić information content (AvgIpc) is 2.68. The van der Waals surface area contributed by atoms with Gasteiger partial charge in [0.15, 0.2) is 5.78 Å². The molecule has 1 fully saturated rings. The van der Waals surface area contributed by atoms with Gasteiger partial charge in [-0.2, -0.15) is 4.31 Å². The van der Waals surface area contributed by atoms with Crippen LogP contribution in [0, 0.1) is 12.8 Å². The van der Waals surface area contributed by atoms with Gasteiger partial charge in [0.1, 0.15) is 5.82 Å². The van der Waals surface area contributed by atoms with Crippen molar-refractivity contribution in [3.63, 3.8) is 0 Å². The monoisotopic (exact) mass is 401 g/mol. The molecule has 1 aromatic heterocycles. The van der Waals surface area contributed by atoms with E-state index in [9.17, 15) is 18.0 Å². The highest BCUT2D eigenvalue weighted by Crippen LogP contribution is 2.25. The largest absolute Gasteiger partial charge is 0.310 e. The second kappa shape index (κ2) is 8.20. The van der Waals surface area contributed by atoms with Gasteiger partial charge in [0, 0.05) is 30.8 Å². The molecule has 0 bridgehead atoms. The fourth-order valence-electron chi connectivity index (χ4n) is 3.22. The van der Waals surface area contributed by atoms with Crippen LogP contribution < -0.4 is 5.32 Å². The first kappa shape index (κ1) is 20.2. The van der Waals surface area contributed by atoms with E-state index in [1.165, 1.54) is 23.4 Å². The predicted molar refractivity (Wildman–Crippen MR) is 106 cm³/mol. The van der Waals surface area contributed by atoms with Crippen LogP contribution >= 0.6 is 0 Å². The minimum absolute atomic E-state index is 0.104. The molecule has 0 unspecified atom stereocenters. The SMILES string of the molecule is CC(=O)c1cccc(S(=O)(=O)N2CCC(C(=O)Nc3cc(C)ccn3)CC2)c1. The van der Waals surface area contributed by atoms with Crippen molar-refractivity contribution in [3.8, 4) is 0 Å². The Kier molecular flexibility index (Phi) is 5.90. The predicted octanol–water partition coefficient (Wildman–Crippen LogP) is 2.63. The molecule has 3 rings (SSSR count). The summed E-state index contributed by atoms with van der Waals surface area (Å²) in [6.45, 7) is 3.83. The van der Waals surface area contributed by atoms with E-state index in [2.05, 4.69) is 10.3 Å². The number of anilines is 1. The number of hydrogen-bond donors (Lipinski definition) is 1. The standard InChI is InChI=1S/C20H23N3O4S/c1-14-6-9-21-19(12-14)22-20(25)16-7-10-23(11-8-16)28(26,27)18-5-3-4-17(13-18)15(2)24/h3-6,9,12-13,16H,7-8,10-11H2,1-2H3,(H,21,22,25). The molecular weight excluding hydrogens is 378 g/mol. The van der Waals surface area contributed by atoms with Gasteiger partial charge in [-0.05, 0) is 56.5 Å². The van der Waals surface area contributed by atoms with E-state index >= 15 is 0 Å². The Morgan fingerprint density at radius 2 is 1.86 bits per heavy atom. The van der Waals surface area contributed by atoms with Crippen LogP contribution in [-0.2, 0) is 14.8 Å². The summed E-state index contributed by atoms with van der Waals surface area (Å²) >= 11 is 0. The fourth-order valence-corrected chi connectivity index (χ4v) is 4.73. The Morgan fingerprint density at radius 3 is 2.50 bits per heavy atom. The highest BCUT2D eigenvalue weighted by Gasteiger charge is 2.32. The number of Topliss-reactive ketones (excluding diaryl/α,β-unsaturated/α-hetero) is 1.